The van der Waals surface area contributed by atoms with Crippen LogP contribution in [-0.2, 0) is 21.4 Å². The molecule has 1 heterocycles. The molecule has 0 aliphatic carbocycles. The van der Waals surface area contributed by atoms with Crippen molar-refractivity contribution >= 4 is 32.8 Å². The van der Waals surface area contributed by atoms with Gasteiger partial charge in [0.2, 0.25) is 10.0 Å². The van der Waals surface area contributed by atoms with Gasteiger partial charge in [-0.25, -0.2) is 17.9 Å². The molecule has 0 saturated carbocycles. The first-order valence-corrected chi connectivity index (χ1v) is 9.27. The zero-order valence-electron chi connectivity index (χ0n) is 13.7. The van der Waals surface area contributed by atoms with Gasteiger partial charge in [0.15, 0.2) is 0 Å². The first-order chi connectivity index (χ1) is 12.5. The molecule has 0 bridgehead atoms. The average Bonchev–Trinajstić information content (AvgIpc) is 2.65. The number of hydrogen-bond donors (Lipinski definition) is 2. The van der Waals surface area contributed by atoms with E-state index in [2.05, 4.69) is 9.71 Å². The second-order valence-corrected chi connectivity index (χ2v) is 7.31. The number of aromatic nitrogens is 1. The molecule has 0 aliphatic heterocycles. The molecule has 6 nitrogen and oxygen atoms in total. The van der Waals surface area contributed by atoms with Crippen molar-refractivity contribution in [2.24, 2.45) is 0 Å². The lowest BCUT2D eigenvalue weighted by molar-refractivity contribution is -0.131. The third kappa shape index (κ3) is 4.14. The van der Waals surface area contributed by atoms with Gasteiger partial charge in [-0.2, -0.15) is 0 Å². The predicted molar refractivity (Wildman–Crippen MR) is 98.9 cm³/mol. The molecule has 7 heteroatoms. The van der Waals surface area contributed by atoms with Crippen molar-refractivity contribution < 1.29 is 18.3 Å². The summed E-state index contributed by atoms with van der Waals surface area (Å²) in [5.74, 6) is -1.06. The second kappa shape index (κ2) is 7.47. The van der Waals surface area contributed by atoms with Gasteiger partial charge in [0.05, 0.1) is 17.1 Å². The molecule has 0 atom stereocenters. The van der Waals surface area contributed by atoms with E-state index in [-0.39, 0.29) is 11.4 Å². The van der Waals surface area contributed by atoms with Crippen molar-refractivity contribution in [3.8, 4) is 0 Å². The van der Waals surface area contributed by atoms with Gasteiger partial charge < -0.3 is 5.11 Å². The summed E-state index contributed by atoms with van der Waals surface area (Å²) in [5.41, 5.74) is 1.25. The second-order valence-electron chi connectivity index (χ2n) is 5.54. The van der Waals surface area contributed by atoms with E-state index < -0.39 is 16.0 Å². The normalized spacial score (nSPS) is 11.8. The quantitative estimate of drug-likeness (QED) is 0.652. The van der Waals surface area contributed by atoms with Gasteiger partial charge in [0, 0.05) is 17.7 Å². The summed E-state index contributed by atoms with van der Waals surface area (Å²) < 4.78 is 27.5. The largest absolute Gasteiger partial charge is 0.478 e. The Morgan fingerprint density at radius 1 is 1.08 bits per heavy atom. The first-order valence-electron chi connectivity index (χ1n) is 7.79. The molecule has 2 aromatic carbocycles. The summed E-state index contributed by atoms with van der Waals surface area (Å²) in [7, 11) is -3.71. The molecule has 0 radical (unpaired) electrons. The van der Waals surface area contributed by atoms with E-state index in [4.69, 9.17) is 5.11 Å². The maximum Gasteiger partial charge on any atom is 0.328 e. The molecule has 2 N–H and O–H groups in total. The number of carboxylic acid groups (broad SMARTS) is 1. The van der Waals surface area contributed by atoms with E-state index in [9.17, 15) is 13.2 Å². The molecule has 0 spiro atoms. The first kappa shape index (κ1) is 17.8. The number of fused-ring (bicyclic) bond motifs is 1. The standard InChI is InChI=1S/C19H16N2O4S/c22-19(23)10-7-14-5-8-16(9-6-14)26(24,25)21-13-18-17-4-2-1-3-15(17)11-12-20-18/h1-12,21H,13H2,(H,22,23). The van der Waals surface area contributed by atoms with E-state index in [0.717, 1.165) is 16.8 Å². The molecule has 1 aromatic heterocycles. The molecular weight excluding hydrogens is 352 g/mol. The Kier molecular flexibility index (Phi) is 5.11. The number of sulfonamides is 1. The SMILES string of the molecule is O=C(O)C=Cc1ccc(S(=O)(=O)NCc2nccc3ccccc23)cc1. The van der Waals surface area contributed by atoms with Crippen molar-refractivity contribution in [1.29, 1.82) is 0 Å². The average molecular weight is 368 g/mol. The third-order valence-electron chi connectivity index (χ3n) is 3.79. The Morgan fingerprint density at radius 3 is 2.54 bits per heavy atom. The number of carboxylic acids is 1. The van der Waals surface area contributed by atoms with Crippen LogP contribution >= 0.6 is 0 Å². The number of nitrogens with zero attached hydrogens (tertiary/aromatic N) is 1. The number of benzene rings is 2. The van der Waals surface area contributed by atoms with E-state index in [1.54, 1.807) is 18.3 Å². The highest BCUT2D eigenvalue weighted by Gasteiger charge is 2.14. The number of aliphatic carboxylic acids is 1. The number of rotatable bonds is 6. The molecule has 3 aromatic rings. The van der Waals surface area contributed by atoms with E-state index in [0.29, 0.717) is 11.3 Å². The smallest absolute Gasteiger partial charge is 0.328 e. The summed E-state index contributed by atoms with van der Waals surface area (Å²) in [6, 6.07) is 15.5. The molecule has 26 heavy (non-hydrogen) atoms. The zero-order valence-corrected chi connectivity index (χ0v) is 14.5. The van der Waals surface area contributed by atoms with Gasteiger partial charge in [-0.05, 0) is 35.2 Å². The van der Waals surface area contributed by atoms with Gasteiger partial charge in [0.1, 0.15) is 0 Å². The minimum atomic E-state index is -3.71. The Morgan fingerprint density at radius 2 is 1.81 bits per heavy atom. The van der Waals surface area contributed by atoms with Crippen LogP contribution in [0.25, 0.3) is 16.8 Å². The maximum atomic E-state index is 12.5. The highest BCUT2D eigenvalue weighted by Crippen LogP contribution is 2.17. The fourth-order valence-electron chi connectivity index (χ4n) is 2.50. The van der Waals surface area contributed by atoms with Crippen molar-refractivity contribution in [3.63, 3.8) is 0 Å². The fourth-order valence-corrected chi connectivity index (χ4v) is 3.48. The molecule has 0 unspecified atom stereocenters. The van der Waals surface area contributed by atoms with Crippen LogP contribution in [0.5, 0.6) is 0 Å². The van der Waals surface area contributed by atoms with Crippen molar-refractivity contribution in [2.45, 2.75) is 11.4 Å². The number of carbonyl (C=O) groups is 1. The lowest BCUT2D eigenvalue weighted by atomic mass is 10.1. The molecule has 0 fully saturated rings. The van der Waals surface area contributed by atoms with Gasteiger partial charge >= 0.3 is 5.97 Å². The van der Waals surface area contributed by atoms with Gasteiger partial charge in [-0.3, -0.25) is 4.98 Å². The van der Waals surface area contributed by atoms with Crippen molar-refractivity contribution in [1.82, 2.24) is 9.71 Å². The van der Waals surface area contributed by atoms with Crippen molar-refractivity contribution in [3.05, 3.63) is 78.1 Å². The highest BCUT2D eigenvalue weighted by molar-refractivity contribution is 7.89. The van der Waals surface area contributed by atoms with Crippen LogP contribution in [-0.4, -0.2) is 24.5 Å². The Hall–Kier alpha value is -3.03. The van der Waals surface area contributed by atoms with Crippen LogP contribution in [0.3, 0.4) is 0 Å². The molecule has 0 amide bonds. The summed E-state index contributed by atoms with van der Waals surface area (Å²) in [5, 5.41) is 10.5. The van der Waals surface area contributed by atoms with Gasteiger partial charge in [0.25, 0.3) is 0 Å². The Balaban J connectivity index is 1.77. The molecule has 0 saturated heterocycles. The van der Waals surface area contributed by atoms with Crippen LogP contribution < -0.4 is 4.72 Å². The Bertz CT molecular complexity index is 1070. The topological polar surface area (TPSA) is 96.4 Å². The van der Waals surface area contributed by atoms with Crippen molar-refractivity contribution in [2.75, 3.05) is 0 Å². The number of pyridine rings is 1. The predicted octanol–water partition coefficient (Wildman–Crippen LogP) is 2.81. The highest BCUT2D eigenvalue weighted by atomic mass is 32.2. The lowest BCUT2D eigenvalue weighted by Crippen LogP contribution is -2.23. The summed E-state index contributed by atoms with van der Waals surface area (Å²) in [6.45, 7) is 0.0738. The molecule has 132 valence electrons. The fraction of sp³-hybridized carbons (Fsp3) is 0.0526. The van der Waals surface area contributed by atoms with E-state index in [1.165, 1.54) is 18.2 Å². The lowest BCUT2D eigenvalue weighted by Gasteiger charge is -2.09. The van der Waals surface area contributed by atoms with Crippen LogP contribution in [0.4, 0.5) is 0 Å². The van der Waals surface area contributed by atoms with E-state index in [1.807, 2.05) is 30.3 Å². The molecule has 3 rings (SSSR count). The summed E-state index contributed by atoms with van der Waals surface area (Å²) >= 11 is 0. The Labute approximate surface area is 150 Å². The van der Waals surface area contributed by atoms with Crippen LogP contribution in [0, 0.1) is 0 Å². The van der Waals surface area contributed by atoms with Gasteiger partial charge in [-0.1, -0.05) is 36.4 Å². The number of nitrogens with one attached hydrogen (secondary N) is 1. The molecule has 0 aliphatic rings. The minimum Gasteiger partial charge on any atom is -0.478 e. The van der Waals surface area contributed by atoms with Gasteiger partial charge in [-0.15, -0.1) is 0 Å². The number of hydrogen-bond acceptors (Lipinski definition) is 4. The van der Waals surface area contributed by atoms with E-state index >= 15 is 0 Å². The maximum absolute atomic E-state index is 12.5. The van der Waals surface area contributed by atoms with Crippen LogP contribution in [0.2, 0.25) is 0 Å². The third-order valence-corrected chi connectivity index (χ3v) is 5.21. The monoisotopic (exact) mass is 368 g/mol. The summed E-state index contributed by atoms with van der Waals surface area (Å²) in [4.78, 5) is 14.9. The minimum absolute atomic E-state index is 0.0738. The molecular formula is C19H16N2O4S. The van der Waals surface area contributed by atoms with Crippen LogP contribution in [0.15, 0.2) is 71.8 Å². The zero-order chi connectivity index (χ0) is 18.6. The van der Waals surface area contributed by atoms with Crippen LogP contribution in [0.1, 0.15) is 11.3 Å². The summed E-state index contributed by atoms with van der Waals surface area (Å²) in [6.07, 6.45) is 4.04.